The summed E-state index contributed by atoms with van der Waals surface area (Å²) in [6.45, 7) is 5.01. The average molecular weight is 352 g/mol. The topological polar surface area (TPSA) is 124 Å². The molecule has 1 aromatic rings. The number of ether oxygens (including phenoxy) is 1. The van der Waals surface area contributed by atoms with Crippen molar-refractivity contribution < 1.29 is 17.9 Å². The summed E-state index contributed by atoms with van der Waals surface area (Å²) in [7, 11) is -3.67. The molecule has 0 fully saturated rings. The Labute approximate surface area is 140 Å². The highest BCUT2D eigenvalue weighted by molar-refractivity contribution is 7.94. The molecule has 0 saturated heterocycles. The predicted octanol–water partition coefficient (Wildman–Crippen LogP) is 0.382. The molecule has 3 heterocycles. The van der Waals surface area contributed by atoms with Crippen LogP contribution in [-0.2, 0) is 20.2 Å². The number of carbonyl (C=O) groups excluding carboxylic acids is 1. The van der Waals surface area contributed by atoms with E-state index in [2.05, 4.69) is 15.3 Å². The molecule has 0 aliphatic carbocycles. The molecule has 0 spiro atoms. The van der Waals surface area contributed by atoms with Crippen molar-refractivity contribution in [3.63, 3.8) is 0 Å². The molecule has 24 heavy (non-hydrogen) atoms. The maximum atomic E-state index is 13.3. The number of pyridine rings is 1. The monoisotopic (exact) mass is 352 g/mol. The van der Waals surface area contributed by atoms with Crippen LogP contribution in [-0.4, -0.2) is 42.3 Å². The Morgan fingerprint density at radius 1 is 1.42 bits per heavy atom. The summed E-state index contributed by atoms with van der Waals surface area (Å²) in [5.41, 5.74) is 5.59. The van der Waals surface area contributed by atoms with E-state index >= 15 is 0 Å². The second-order valence-corrected chi connectivity index (χ2v) is 9.35. The Hall–Kier alpha value is -2.16. The maximum Gasteiger partial charge on any atom is 0.219 e. The molecular weight excluding hydrogens is 332 g/mol. The molecule has 1 amide bonds. The number of hydrogen-bond donors (Lipinski definition) is 2. The molecule has 0 radical (unpaired) electrons. The van der Waals surface area contributed by atoms with Gasteiger partial charge in [0.05, 0.1) is 23.7 Å². The molecular formula is C15H20N4O4S. The molecule has 2 atom stereocenters. The molecule has 3 N–H and O–H groups in total. The second kappa shape index (κ2) is 5.17. The SMILES string of the molecule is CC1(C)C(NC=O)=N[C@]2(C)c3cc(N)cnc3OCC[C@@H]2S1(=O)=O. The van der Waals surface area contributed by atoms with Crippen LogP contribution in [0.5, 0.6) is 5.88 Å². The largest absolute Gasteiger partial charge is 0.477 e. The number of aliphatic imine (C=N–C) groups is 1. The number of sulfone groups is 1. The zero-order chi connectivity index (χ0) is 17.8. The Kier molecular flexibility index (Phi) is 3.59. The lowest BCUT2D eigenvalue weighted by molar-refractivity contribution is -0.108. The van der Waals surface area contributed by atoms with Gasteiger partial charge in [-0.1, -0.05) is 0 Å². The molecule has 2 aliphatic rings. The summed E-state index contributed by atoms with van der Waals surface area (Å²) in [5, 5.41) is 1.65. The maximum absolute atomic E-state index is 13.3. The lowest BCUT2D eigenvalue weighted by Gasteiger charge is -2.43. The minimum atomic E-state index is -3.67. The van der Waals surface area contributed by atoms with Gasteiger partial charge in [0, 0.05) is 12.0 Å². The van der Waals surface area contributed by atoms with Gasteiger partial charge in [0.1, 0.15) is 16.1 Å². The summed E-state index contributed by atoms with van der Waals surface area (Å²) in [4.78, 5) is 19.8. The molecule has 9 heteroatoms. The van der Waals surface area contributed by atoms with Crippen LogP contribution in [0.4, 0.5) is 5.69 Å². The smallest absolute Gasteiger partial charge is 0.219 e. The zero-order valence-corrected chi connectivity index (χ0v) is 14.6. The van der Waals surface area contributed by atoms with E-state index in [9.17, 15) is 13.2 Å². The fraction of sp³-hybridized carbons (Fsp3) is 0.533. The predicted molar refractivity (Wildman–Crippen MR) is 89.5 cm³/mol. The van der Waals surface area contributed by atoms with Crippen LogP contribution in [0.25, 0.3) is 0 Å². The molecule has 0 saturated carbocycles. The quantitative estimate of drug-likeness (QED) is 0.704. The Balaban J connectivity index is 2.34. The Morgan fingerprint density at radius 3 is 2.79 bits per heavy atom. The van der Waals surface area contributed by atoms with Crippen molar-refractivity contribution in [1.82, 2.24) is 10.3 Å². The van der Waals surface area contributed by atoms with E-state index in [1.807, 2.05) is 0 Å². The van der Waals surface area contributed by atoms with E-state index in [1.165, 1.54) is 6.20 Å². The van der Waals surface area contributed by atoms with Crippen LogP contribution in [0.15, 0.2) is 17.3 Å². The van der Waals surface area contributed by atoms with E-state index < -0.39 is 25.4 Å². The highest BCUT2D eigenvalue weighted by Crippen LogP contribution is 2.47. The van der Waals surface area contributed by atoms with Crippen LogP contribution in [0, 0.1) is 0 Å². The number of fused-ring (bicyclic) bond motifs is 3. The van der Waals surface area contributed by atoms with Crippen molar-refractivity contribution in [2.24, 2.45) is 4.99 Å². The minimum Gasteiger partial charge on any atom is -0.477 e. The van der Waals surface area contributed by atoms with Gasteiger partial charge in [-0.3, -0.25) is 9.79 Å². The molecule has 8 nitrogen and oxygen atoms in total. The minimum absolute atomic E-state index is 0.103. The summed E-state index contributed by atoms with van der Waals surface area (Å²) >= 11 is 0. The first-order chi connectivity index (χ1) is 11.1. The summed E-state index contributed by atoms with van der Waals surface area (Å²) in [5.74, 6) is 0.421. The molecule has 3 rings (SSSR count). The van der Waals surface area contributed by atoms with Crippen molar-refractivity contribution in [2.45, 2.75) is 42.7 Å². The van der Waals surface area contributed by atoms with Crippen LogP contribution < -0.4 is 15.8 Å². The number of amidine groups is 1. The molecule has 0 unspecified atom stereocenters. The van der Waals surface area contributed by atoms with E-state index in [-0.39, 0.29) is 18.9 Å². The van der Waals surface area contributed by atoms with E-state index in [0.717, 1.165) is 0 Å². The van der Waals surface area contributed by atoms with E-state index in [0.29, 0.717) is 23.5 Å². The number of nitrogens with zero attached hydrogens (tertiary/aromatic N) is 2. The number of nitrogens with one attached hydrogen (secondary N) is 1. The summed E-state index contributed by atoms with van der Waals surface area (Å²) in [6.07, 6.45) is 2.17. The first-order valence-corrected chi connectivity index (χ1v) is 9.12. The molecule has 2 aliphatic heterocycles. The van der Waals surface area contributed by atoms with Gasteiger partial charge in [-0.05, 0) is 26.8 Å². The third-order valence-electron chi connectivity index (χ3n) is 4.86. The number of nitrogens with two attached hydrogens (primary N) is 1. The Morgan fingerprint density at radius 2 is 2.12 bits per heavy atom. The Bertz CT molecular complexity index is 834. The van der Waals surface area contributed by atoms with Gasteiger partial charge in [-0.15, -0.1) is 0 Å². The van der Waals surface area contributed by atoms with E-state index in [4.69, 9.17) is 10.5 Å². The highest BCUT2D eigenvalue weighted by atomic mass is 32.2. The van der Waals surface area contributed by atoms with Gasteiger partial charge < -0.3 is 15.8 Å². The lowest BCUT2D eigenvalue weighted by Crippen LogP contribution is -2.60. The number of nitrogen functional groups attached to an aromatic ring is 1. The molecule has 0 bridgehead atoms. The van der Waals surface area contributed by atoms with Crippen LogP contribution >= 0.6 is 0 Å². The number of anilines is 1. The lowest BCUT2D eigenvalue weighted by atomic mass is 9.87. The van der Waals surface area contributed by atoms with Crippen molar-refractivity contribution in [2.75, 3.05) is 12.3 Å². The summed E-state index contributed by atoms with van der Waals surface area (Å²) in [6, 6.07) is 1.64. The van der Waals surface area contributed by atoms with Gasteiger partial charge in [0.25, 0.3) is 0 Å². The van der Waals surface area contributed by atoms with E-state index in [1.54, 1.807) is 26.8 Å². The van der Waals surface area contributed by atoms with Gasteiger partial charge in [-0.25, -0.2) is 13.4 Å². The number of rotatable bonds is 1. The van der Waals surface area contributed by atoms with Crippen molar-refractivity contribution >= 4 is 27.8 Å². The van der Waals surface area contributed by atoms with Crippen LogP contribution in [0.3, 0.4) is 0 Å². The number of aromatic nitrogens is 1. The third kappa shape index (κ3) is 2.10. The molecule has 0 aromatic carbocycles. The zero-order valence-electron chi connectivity index (χ0n) is 13.7. The van der Waals surface area contributed by atoms with Gasteiger partial charge in [0.2, 0.25) is 12.3 Å². The normalized spacial score (nSPS) is 30.0. The fourth-order valence-electron chi connectivity index (χ4n) is 3.37. The van der Waals surface area contributed by atoms with Crippen LogP contribution in [0.1, 0.15) is 32.8 Å². The first-order valence-electron chi connectivity index (χ1n) is 7.57. The average Bonchev–Trinajstić information content (AvgIpc) is 2.63. The number of hydrogen-bond acceptors (Lipinski definition) is 7. The van der Waals surface area contributed by atoms with Crippen molar-refractivity contribution in [1.29, 1.82) is 0 Å². The van der Waals surface area contributed by atoms with Crippen LogP contribution in [0.2, 0.25) is 0 Å². The number of amides is 1. The summed E-state index contributed by atoms with van der Waals surface area (Å²) < 4.78 is 30.8. The van der Waals surface area contributed by atoms with Crippen molar-refractivity contribution in [3.05, 3.63) is 17.8 Å². The first kappa shape index (κ1) is 16.7. The molecule has 130 valence electrons. The fourth-order valence-corrected chi connectivity index (χ4v) is 5.65. The van der Waals surface area contributed by atoms with Gasteiger partial charge in [0.15, 0.2) is 9.84 Å². The number of carbonyl (C=O) groups is 1. The molecule has 1 aromatic heterocycles. The second-order valence-electron chi connectivity index (χ2n) is 6.67. The van der Waals surface area contributed by atoms with Gasteiger partial charge in [-0.2, -0.15) is 0 Å². The third-order valence-corrected chi connectivity index (χ3v) is 7.92. The van der Waals surface area contributed by atoms with Crippen molar-refractivity contribution in [3.8, 4) is 5.88 Å². The standard InChI is InChI=1S/C15H20N4O4S/c1-14(2)13(18-8-20)19-15(3)10-6-9(16)7-17-12(10)23-5-4-11(15)24(14,21)22/h6-8,11H,4-5,16H2,1-3H3,(H,18,19,20)/t11-,15+/m0/s1. The van der Waals surface area contributed by atoms with Gasteiger partial charge >= 0.3 is 0 Å². The highest BCUT2D eigenvalue weighted by Gasteiger charge is 2.58.